The summed E-state index contributed by atoms with van der Waals surface area (Å²) in [5.74, 6) is -14.0. The maximum atomic E-state index is 14.0. The zero-order chi connectivity index (χ0) is 32.4. The zero-order valence-corrected chi connectivity index (χ0v) is 26.9. The van der Waals surface area contributed by atoms with E-state index in [0.717, 1.165) is 34.9 Å². The van der Waals surface area contributed by atoms with Crippen molar-refractivity contribution < 1.29 is 54.7 Å². The number of ether oxygens (including phenoxy) is 1. The highest BCUT2D eigenvalue weighted by Crippen LogP contribution is 2.52. The lowest BCUT2D eigenvalue weighted by Gasteiger charge is -2.19. The van der Waals surface area contributed by atoms with Gasteiger partial charge in [0.05, 0.1) is 19.4 Å². The maximum absolute atomic E-state index is 14.0. The first kappa shape index (κ1) is 36.2. The lowest BCUT2D eigenvalue weighted by atomic mass is 10.2. The van der Waals surface area contributed by atoms with Gasteiger partial charge in [0.2, 0.25) is 34.8 Å². The van der Waals surface area contributed by atoms with E-state index in [9.17, 15) is 40.9 Å². The molecule has 16 heteroatoms. The van der Waals surface area contributed by atoms with Gasteiger partial charge < -0.3 is 13.8 Å². The first-order valence-corrected chi connectivity index (χ1v) is 17.9. The summed E-state index contributed by atoms with van der Waals surface area (Å²) in [5, 5.41) is 0.398. The van der Waals surface area contributed by atoms with E-state index in [1.54, 1.807) is 18.2 Å². The van der Waals surface area contributed by atoms with Crippen LogP contribution in [0.4, 0.5) is 22.0 Å². The highest BCUT2D eigenvalue weighted by Gasteiger charge is 2.30. The maximum Gasteiger partial charge on any atom is 0.353 e. The summed E-state index contributed by atoms with van der Waals surface area (Å²) >= 11 is 2.96. The molecule has 0 bridgehead atoms. The number of benzene rings is 2. The van der Waals surface area contributed by atoms with Crippen LogP contribution >= 0.6 is 42.5 Å². The third-order valence-corrected chi connectivity index (χ3v) is 10.5. The molecule has 44 heavy (non-hydrogen) atoms. The normalized spacial score (nSPS) is 11.7. The lowest BCUT2D eigenvalue weighted by molar-refractivity contribution is -0.111. The van der Waals surface area contributed by atoms with E-state index in [2.05, 4.69) is 4.74 Å². The lowest BCUT2D eigenvalue weighted by Crippen LogP contribution is -2.12. The van der Waals surface area contributed by atoms with Crippen molar-refractivity contribution in [1.29, 1.82) is 0 Å². The van der Waals surface area contributed by atoms with E-state index in [1.807, 2.05) is 13.8 Å². The highest BCUT2D eigenvalue weighted by atomic mass is 32.2. The molecule has 2 aromatic carbocycles. The molecule has 0 spiro atoms. The van der Waals surface area contributed by atoms with E-state index >= 15 is 0 Å². The summed E-state index contributed by atoms with van der Waals surface area (Å²) in [6.45, 7) is 3.69. The molecule has 0 unspecified atom stereocenters. The minimum atomic E-state index is -3.78. The van der Waals surface area contributed by atoms with Gasteiger partial charge in [-0.3, -0.25) is 14.2 Å². The summed E-state index contributed by atoms with van der Waals surface area (Å²) in [4.78, 5) is 36.0. The fourth-order valence-corrected chi connectivity index (χ4v) is 7.97. The first-order valence-electron chi connectivity index (χ1n) is 13.3. The number of thiophene rings is 1. The van der Waals surface area contributed by atoms with E-state index in [4.69, 9.17) is 9.05 Å². The molecule has 3 rings (SSSR count). The molecule has 1 aromatic heterocycles. The standard InChI is InChI=1S/C28H28F5O7PS3/c1-3-5-20(34)42-11-9-38-41(37,39-10-12-43-21(35)6-4-2)15-16-7-8-18-17(13-16)14-19(44-18)28(36)40-27-25(32)23(30)22(29)24(31)26(27)33/h7-8,13-14H,3-6,9-12,15H2,1-2H3. The average Bonchev–Trinajstić information content (AvgIpc) is 3.42. The van der Waals surface area contributed by atoms with Crippen LogP contribution in [0.15, 0.2) is 24.3 Å². The molecular weight excluding hydrogens is 670 g/mol. The van der Waals surface area contributed by atoms with E-state index in [0.29, 0.717) is 41.3 Å². The van der Waals surface area contributed by atoms with Crippen molar-refractivity contribution >= 4 is 68.7 Å². The number of fused-ring (bicyclic) bond motifs is 1. The fourth-order valence-electron chi connectivity index (χ4n) is 3.68. The predicted octanol–water partition coefficient (Wildman–Crippen LogP) is 8.66. The topological polar surface area (TPSA) is 96.0 Å². The van der Waals surface area contributed by atoms with Gasteiger partial charge in [-0.2, -0.15) is 8.78 Å². The molecule has 0 radical (unpaired) electrons. The molecule has 0 saturated carbocycles. The molecule has 0 aliphatic rings. The average molecular weight is 699 g/mol. The molecule has 0 N–H and O–H groups in total. The summed E-state index contributed by atoms with van der Waals surface area (Å²) in [6, 6.07) is 6.03. The van der Waals surface area contributed by atoms with Crippen molar-refractivity contribution in [3.8, 4) is 5.75 Å². The van der Waals surface area contributed by atoms with Crippen molar-refractivity contribution in [2.75, 3.05) is 24.7 Å². The van der Waals surface area contributed by atoms with Gasteiger partial charge in [0.25, 0.3) is 0 Å². The van der Waals surface area contributed by atoms with Crippen molar-refractivity contribution in [3.05, 3.63) is 63.8 Å². The Morgan fingerprint density at radius 3 is 1.84 bits per heavy atom. The van der Waals surface area contributed by atoms with Gasteiger partial charge in [-0.1, -0.05) is 43.4 Å². The molecule has 0 aliphatic carbocycles. The quantitative estimate of drug-likeness (QED) is 0.0277. The van der Waals surface area contributed by atoms with Gasteiger partial charge in [-0.25, -0.2) is 18.0 Å². The molecular formula is C28H28F5O7PS3. The van der Waals surface area contributed by atoms with Gasteiger partial charge in [0, 0.05) is 29.0 Å². The van der Waals surface area contributed by atoms with Crippen LogP contribution in [-0.4, -0.2) is 40.9 Å². The molecule has 7 nitrogen and oxygen atoms in total. The van der Waals surface area contributed by atoms with Gasteiger partial charge in [0.15, 0.2) is 10.2 Å². The highest BCUT2D eigenvalue weighted by molar-refractivity contribution is 8.13. The molecule has 3 aromatic rings. The molecule has 0 fully saturated rings. The van der Waals surface area contributed by atoms with Gasteiger partial charge in [-0.05, 0) is 42.0 Å². The molecule has 240 valence electrons. The van der Waals surface area contributed by atoms with Crippen LogP contribution in [0.3, 0.4) is 0 Å². The van der Waals surface area contributed by atoms with Crippen LogP contribution < -0.4 is 4.74 Å². The Kier molecular flexibility index (Phi) is 13.9. The monoisotopic (exact) mass is 698 g/mol. The van der Waals surface area contributed by atoms with Crippen LogP contribution in [0, 0.1) is 29.1 Å². The number of rotatable bonds is 16. The van der Waals surface area contributed by atoms with Crippen molar-refractivity contribution in [3.63, 3.8) is 0 Å². The Morgan fingerprint density at radius 2 is 1.32 bits per heavy atom. The Morgan fingerprint density at radius 1 is 0.795 bits per heavy atom. The third-order valence-electron chi connectivity index (χ3n) is 5.70. The van der Waals surface area contributed by atoms with Gasteiger partial charge in [-0.15, -0.1) is 11.3 Å². The first-order chi connectivity index (χ1) is 20.9. The van der Waals surface area contributed by atoms with E-state index in [1.165, 1.54) is 6.07 Å². The molecule has 0 amide bonds. The largest absolute Gasteiger partial charge is 0.416 e. The summed E-state index contributed by atoms with van der Waals surface area (Å²) in [7, 11) is -3.78. The van der Waals surface area contributed by atoms with Crippen LogP contribution in [-0.2, 0) is 29.4 Å². The van der Waals surface area contributed by atoms with E-state index < -0.39 is 48.4 Å². The number of hydrogen-bond donors (Lipinski definition) is 0. The second-order valence-electron chi connectivity index (χ2n) is 9.15. The SMILES string of the molecule is CCCC(=O)SCCOP(=O)(Cc1ccc2sc(C(=O)Oc3c(F)c(F)c(F)c(F)c3F)cc2c1)OCCSC(=O)CCC. The minimum absolute atomic E-state index is 0.0184. The summed E-state index contributed by atoms with van der Waals surface area (Å²) in [6.07, 6.45) is 2.01. The smallest absolute Gasteiger partial charge is 0.353 e. The van der Waals surface area contributed by atoms with Crippen LogP contribution in [0.25, 0.3) is 10.1 Å². The number of thioether (sulfide) groups is 2. The Bertz CT molecular complexity index is 1510. The molecule has 0 saturated heterocycles. The number of halogens is 5. The van der Waals surface area contributed by atoms with Gasteiger partial charge >= 0.3 is 13.6 Å². The number of hydrogen-bond acceptors (Lipinski definition) is 10. The van der Waals surface area contributed by atoms with E-state index in [-0.39, 0.29) is 46.0 Å². The van der Waals surface area contributed by atoms with Crippen LogP contribution in [0.2, 0.25) is 0 Å². The second kappa shape index (κ2) is 16.9. The molecule has 0 atom stereocenters. The second-order valence-corrected chi connectivity index (χ2v) is 14.6. The van der Waals surface area contributed by atoms with Crippen molar-refractivity contribution in [2.45, 2.75) is 45.7 Å². The Balaban J connectivity index is 1.75. The number of carbonyl (C=O) groups excluding carboxylic acids is 3. The van der Waals surface area contributed by atoms with Crippen molar-refractivity contribution in [2.24, 2.45) is 0 Å². The fraction of sp³-hybridized carbons (Fsp3) is 0.393. The molecule has 0 aliphatic heterocycles. The van der Waals surface area contributed by atoms with Crippen LogP contribution in [0.5, 0.6) is 5.75 Å². The number of esters is 1. The third kappa shape index (κ3) is 9.85. The number of carbonyl (C=O) groups is 3. The Labute approximate surface area is 262 Å². The van der Waals surface area contributed by atoms with Crippen LogP contribution in [0.1, 0.15) is 54.8 Å². The minimum Gasteiger partial charge on any atom is -0.416 e. The Hall–Kier alpha value is -2.29. The van der Waals surface area contributed by atoms with Gasteiger partial charge in [0.1, 0.15) is 4.88 Å². The zero-order valence-electron chi connectivity index (χ0n) is 23.6. The van der Waals surface area contributed by atoms with Crippen molar-refractivity contribution in [1.82, 2.24) is 0 Å². The molecule has 1 heterocycles. The predicted molar refractivity (Wildman–Crippen MR) is 161 cm³/mol. The summed E-state index contributed by atoms with van der Waals surface area (Å²) < 4.78 is 98.2. The summed E-state index contributed by atoms with van der Waals surface area (Å²) in [5.41, 5.74) is 0.475.